The van der Waals surface area contributed by atoms with Crippen molar-refractivity contribution >= 4 is 25.1 Å². The Morgan fingerprint density at radius 1 is 1.50 bits per heavy atom. The van der Waals surface area contributed by atoms with Crippen molar-refractivity contribution in [1.82, 2.24) is 0 Å². The maximum Gasteiger partial charge on any atom is 0.546 e. The Hall–Kier alpha value is -0.149. The summed E-state index contributed by atoms with van der Waals surface area (Å²) in [7, 11) is -4.67. The van der Waals surface area contributed by atoms with E-state index in [1.165, 1.54) is 7.11 Å². The molecule has 0 saturated carbocycles. The van der Waals surface area contributed by atoms with Crippen LogP contribution in [-0.4, -0.2) is 32.2 Å². The summed E-state index contributed by atoms with van der Waals surface area (Å²) >= 11 is 0. The van der Waals surface area contributed by atoms with Gasteiger partial charge in [-0.1, -0.05) is 0 Å². The lowest BCUT2D eigenvalue weighted by Crippen LogP contribution is -2.23. The highest BCUT2D eigenvalue weighted by atomic mass is 29.6. The molecule has 0 aliphatic rings. The Labute approximate surface area is 50.8 Å². The van der Waals surface area contributed by atoms with Gasteiger partial charge in [0, 0.05) is 0 Å². The Balaban J connectivity index is 3.82. The molecular weight excluding hydrogens is 160 g/mol. The molecular formula is CH3O4Si3. The highest BCUT2D eigenvalue weighted by Gasteiger charge is 2.21. The lowest BCUT2D eigenvalue weighted by molar-refractivity contribution is 0.377. The maximum atomic E-state index is 10.2. The Bertz CT molecular complexity index is 129. The van der Waals surface area contributed by atoms with Crippen LogP contribution in [0.15, 0.2) is 0 Å². The van der Waals surface area contributed by atoms with Crippen LogP contribution in [-0.2, 0) is 17.8 Å². The summed E-state index contributed by atoms with van der Waals surface area (Å²) in [4.78, 5) is 0. The molecule has 43 valence electrons. The first-order chi connectivity index (χ1) is 3.72. The molecule has 0 heterocycles. The first-order valence-electron chi connectivity index (χ1n) is 1.72. The third kappa shape index (κ3) is 2.23. The summed E-state index contributed by atoms with van der Waals surface area (Å²) in [6, 6.07) is 0. The molecule has 0 bridgehead atoms. The van der Waals surface area contributed by atoms with E-state index in [1.807, 2.05) is 0 Å². The van der Waals surface area contributed by atoms with E-state index in [-0.39, 0.29) is 0 Å². The number of rotatable bonds is 3. The van der Waals surface area contributed by atoms with Crippen molar-refractivity contribution in [3.63, 3.8) is 0 Å². The van der Waals surface area contributed by atoms with E-state index in [2.05, 4.69) is 4.43 Å². The van der Waals surface area contributed by atoms with Gasteiger partial charge in [-0.3, -0.25) is 0 Å². The molecule has 7 heteroatoms. The van der Waals surface area contributed by atoms with Crippen LogP contribution in [0.5, 0.6) is 0 Å². The Morgan fingerprint density at radius 3 is 2.12 bits per heavy atom. The zero-order valence-corrected chi connectivity index (χ0v) is 7.13. The topological polar surface area (TPSA) is 60.4 Å². The standard InChI is InChI=1S/CH3O4Si3/c1-5-7(3)8(4)6-2/h1H3. The summed E-state index contributed by atoms with van der Waals surface area (Å²) in [5, 5.41) is 0. The monoisotopic (exact) mass is 163 g/mol. The van der Waals surface area contributed by atoms with Gasteiger partial charge in [-0.2, -0.15) is 0 Å². The van der Waals surface area contributed by atoms with Gasteiger partial charge in [0.2, 0.25) is 0 Å². The summed E-state index contributed by atoms with van der Waals surface area (Å²) in [6.45, 7) is 0. The van der Waals surface area contributed by atoms with Crippen molar-refractivity contribution in [3.05, 3.63) is 0 Å². The van der Waals surface area contributed by atoms with Crippen molar-refractivity contribution in [2.24, 2.45) is 0 Å². The van der Waals surface area contributed by atoms with E-state index in [9.17, 15) is 13.4 Å². The first-order valence-corrected chi connectivity index (χ1v) is 7.36. The lowest BCUT2D eigenvalue weighted by Gasteiger charge is -1.82. The van der Waals surface area contributed by atoms with Crippen LogP contribution in [0, 0.1) is 0 Å². The van der Waals surface area contributed by atoms with Crippen LogP contribution in [0.3, 0.4) is 0 Å². The summed E-state index contributed by atoms with van der Waals surface area (Å²) < 4.78 is 34.4. The fraction of sp³-hybridized carbons (Fsp3) is 1.00. The molecule has 0 aromatic carbocycles. The van der Waals surface area contributed by atoms with Crippen LogP contribution >= 0.6 is 0 Å². The molecule has 0 unspecified atom stereocenters. The van der Waals surface area contributed by atoms with Gasteiger partial charge >= 0.3 is 25.1 Å². The molecule has 0 amide bonds. The molecule has 4 nitrogen and oxygen atoms in total. The average Bonchev–Trinajstić information content (AvgIpc) is 1.84. The van der Waals surface area contributed by atoms with Gasteiger partial charge in [-0.15, -0.1) is 0 Å². The van der Waals surface area contributed by atoms with Crippen molar-refractivity contribution in [3.8, 4) is 0 Å². The van der Waals surface area contributed by atoms with Crippen LogP contribution < -0.4 is 0 Å². The fourth-order valence-electron chi connectivity index (χ4n) is 0.134. The molecule has 1 radical (unpaired) electrons. The predicted octanol–water partition coefficient (Wildman–Crippen LogP) is -1.40. The Morgan fingerprint density at radius 2 is 2.00 bits per heavy atom. The van der Waals surface area contributed by atoms with Gasteiger partial charge in [0.25, 0.3) is 0 Å². The summed E-state index contributed by atoms with van der Waals surface area (Å²) in [6.07, 6.45) is 0. The van der Waals surface area contributed by atoms with Gasteiger partial charge < -0.3 is 17.8 Å². The minimum absolute atomic E-state index is 0.977. The molecule has 0 saturated heterocycles. The molecule has 0 aliphatic heterocycles. The average molecular weight is 163 g/mol. The van der Waals surface area contributed by atoms with Crippen LogP contribution in [0.4, 0.5) is 0 Å². The smallest absolute Gasteiger partial charge is 0.525 e. The number of hydrogen-bond acceptors (Lipinski definition) is 4. The highest BCUT2D eigenvalue weighted by molar-refractivity contribution is 7.29. The molecule has 0 N–H and O–H groups in total. The predicted molar refractivity (Wildman–Crippen MR) is 26.3 cm³/mol. The van der Waals surface area contributed by atoms with Crippen molar-refractivity contribution in [2.45, 2.75) is 0 Å². The van der Waals surface area contributed by atoms with E-state index in [4.69, 9.17) is 0 Å². The van der Waals surface area contributed by atoms with Gasteiger partial charge in [-0.05, 0) is 0 Å². The van der Waals surface area contributed by atoms with Crippen LogP contribution in [0.1, 0.15) is 0 Å². The van der Waals surface area contributed by atoms with E-state index >= 15 is 0 Å². The van der Waals surface area contributed by atoms with Crippen LogP contribution in [0.25, 0.3) is 0 Å². The Kier molecular flexibility index (Phi) is 3.73. The van der Waals surface area contributed by atoms with E-state index in [0.29, 0.717) is 0 Å². The lowest BCUT2D eigenvalue weighted by atomic mass is 11.8. The van der Waals surface area contributed by atoms with Gasteiger partial charge in [0.1, 0.15) is 0 Å². The zero-order valence-electron chi connectivity index (χ0n) is 4.13. The minimum atomic E-state index is -2.46. The molecule has 0 atom stereocenters. The molecule has 0 spiro atoms. The van der Waals surface area contributed by atoms with Gasteiger partial charge in [-0.25, -0.2) is 0 Å². The summed E-state index contributed by atoms with van der Waals surface area (Å²) in [5.41, 5.74) is 0. The maximum absolute atomic E-state index is 10.2. The fourth-order valence-corrected chi connectivity index (χ4v) is 2.88. The molecule has 8 heavy (non-hydrogen) atoms. The van der Waals surface area contributed by atoms with Crippen molar-refractivity contribution in [1.29, 1.82) is 0 Å². The minimum Gasteiger partial charge on any atom is -0.525 e. The summed E-state index contributed by atoms with van der Waals surface area (Å²) in [5.74, 6) is 0. The van der Waals surface area contributed by atoms with E-state index in [0.717, 1.165) is 0 Å². The normalized spacial score (nSPS) is 7.62. The molecule has 0 aromatic heterocycles. The van der Waals surface area contributed by atoms with Gasteiger partial charge in [0.05, 0.1) is 7.11 Å². The first kappa shape index (κ1) is 7.85. The van der Waals surface area contributed by atoms with Crippen molar-refractivity contribution < 1.29 is 17.8 Å². The second-order valence-electron chi connectivity index (χ2n) is 0.923. The highest BCUT2D eigenvalue weighted by Crippen LogP contribution is 1.64. The van der Waals surface area contributed by atoms with E-state index < -0.39 is 25.1 Å². The zero-order chi connectivity index (χ0) is 6.57. The van der Waals surface area contributed by atoms with Gasteiger partial charge in [0.15, 0.2) is 0 Å². The second-order valence-corrected chi connectivity index (χ2v) is 8.83. The molecule has 0 fully saturated rings. The van der Waals surface area contributed by atoms with Crippen molar-refractivity contribution in [2.75, 3.05) is 7.11 Å². The van der Waals surface area contributed by atoms with Crippen LogP contribution in [0.2, 0.25) is 0 Å². The molecule has 0 aromatic rings. The third-order valence-electron chi connectivity index (χ3n) is 0.463. The third-order valence-corrected chi connectivity index (χ3v) is 6.43. The quantitative estimate of drug-likeness (QED) is 0.480. The number of hydrogen-bond donors (Lipinski definition) is 0. The van der Waals surface area contributed by atoms with E-state index in [1.54, 1.807) is 0 Å². The SMILES string of the molecule is CO[Si](=O)[Si](=O)[Si]=O. The largest absolute Gasteiger partial charge is 0.546 e. The molecule has 0 rings (SSSR count). The molecule has 0 aliphatic carbocycles. The second kappa shape index (κ2) is 3.80.